The lowest BCUT2D eigenvalue weighted by atomic mass is 10.1. The Balaban J connectivity index is 1.61. The third-order valence-corrected chi connectivity index (χ3v) is 7.39. The molecule has 0 aliphatic rings. The van der Waals surface area contributed by atoms with Gasteiger partial charge in [-0.15, -0.1) is 0 Å². The summed E-state index contributed by atoms with van der Waals surface area (Å²) < 4.78 is 46.5. The predicted octanol–water partition coefficient (Wildman–Crippen LogP) is 4.93. The number of hydrogen-bond acceptors (Lipinski definition) is 5. The number of sulfonamides is 1. The monoisotopic (exact) mass is 497 g/mol. The van der Waals surface area contributed by atoms with Crippen molar-refractivity contribution in [3.63, 3.8) is 0 Å². The standard InChI is InChI=1S/C26H28FN3O4S/c1-4-30(5-2)35(32,33)23-12-10-21(11-13-23)19(3)29-26(31)15-9-20-8-14-25(24(27)17-20)34-22-7-6-16-28-18-22/h6-19H,4-5H2,1-3H3,(H,29,31)/b15-9+. The number of carbonyl (C=O) groups excluding carboxylic acids is 1. The lowest BCUT2D eigenvalue weighted by Crippen LogP contribution is -2.30. The molecular formula is C26H28FN3O4S. The first kappa shape index (κ1) is 26.1. The van der Waals surface area contributed by atoms with Crippen LogP contribution in [0.1, 0.15) is 37.9 Å². The SMILES string of the molecule is CCN(CC)S(=O)(=O)c1ccc(C(C)NC(=O)/C=C/c2ccc(Oc3cccnc3)c(F)c2)cc1. The number of hydrogen-bond donors (Lipinski definition) is 1. The quantitative estimate of drug-likeness (QED) is 0.401. The molecule has 0 fully saturated rings. The van der Waals surface area contributed by atoms with Gasteiger partial charge in [0.15, 0.2) is 11.6 Å². The molecule has 2 aromatic carbocycles. The average molecular weight is 498 g/mol. The first-order valence-corrected chi connectivity index (χ1v) is 12.6. The maximum Gasteiger partial charge on any atom is 0.244 e. The van der Waals surface area contributed by atoms with Crippen LogP contribution in [-0.4, -0.2) is 36.7 Å². The second kappa shape index (κ2) is 11.7. The lowest BCUT2D eigenvalue weighted by Gasteiger charge is -2.19. The summed E-state index contributed by atoms with van der Waals surface area (Å²) >= 11 is 0. The van der Waals surface area contributed by atoms with Gasteiger partial charge in [-0.2, -0.15) is 4.31 Å². The summed E-state index contributed by atoms with van der Waals surface area (Å²) in [5.41, 5.74) is 1.25. The number of carbonyl (C=O) groups is 1. The number of nitrogens with zero attached hydrogens (tertiary/aromatic N) is 2. The van der Waals surface area contributed by atoms with E-state index in [0.29, 0.717) is 24.4 Å². The summed E-state index contributed by atoms with van der Waals surface area (Å²) in [5.74, 6) is -0.459. The van der Waals surface area contributed by atoms with Crippen molar-refractivity contribution in [2.45, 2.75) is 31.7 Å². The normalized spacial score (nSPS) is 12.6. The third-order valence-electron chi connectivity index (χ3n) is 5.33. The Labute approximate surface area is 205 Å². The Hall–Kier alpha value is -3.56. The molecule has 1 N–H and O–H groups in total. The number of aromatic nitrogens is 1. The molecule has 0 aliphatic heterocycles. The van der Waals surface area contributed by atoms with Crippen LogP contribution in [0.2, 0.25) is 0 Å². The van der Waals surface area contributed by atoms with E-state index >= 15 is 0 Å². The minimum Gasteiger partial charge on any atom is -0.453 e. The number of benzene rings is 2. The van der Waals surface area contributed by atoms with Gasteiger partial charge in [-0.25, -0.2) is 12.8 Å². The van der Waals surface area contributed by atoms with Crippen LogP contribution in [0.15, 0.2) is 78.0 Å². The molecule has 9 heteroatoms. The molecule has 0 saturated carbocycles. The molecule has 3 aromatic rings. The third kappa shape index (κ3) is 6.74. The summed E-state index contributed by atoms with van der Waals surface area (Å²) in [6, 6.07) is 13.8. The maximum atomic E-state index is 14.4. The summed E-state index contributed by atoms with van der Waals surface area (Å²) in [4.78, 5) is 16.5. The van der Waals surface area contributed by atoms with Gasteiger partial charge in [0.2, 0.25) is 15.9 Å². The summed E-state index contributed by atoms with van der Waals surface area (Å²) in [6.45, 7) is 6.16. The van der Waals surface area contributed by atoms with Gasteiger partial charge < -0.3 is 10.1 Å². The van der Waals surface area contributed by atoms with Crippen LogP contribution in [0.25, 0.3) is 6.08 Å². The highest BCUT2D eigenvalue weighted by atomic mass is 32.2. The Bertz CT molecular complexity index is 1280. The summed E-state index contributed by atoms with van der Waals surface area (Å²) in [5, 5.41) is 2.82. The molecule has 0 aliphatic carbocycles. The minimum absolute atomic E-state index is 0.0553. The van der Waals surface area contributed by atoms with E-state index in [9.17, 15) is 17.6 Å². The molecule has 0 spiro atoms. The number of amides is 1. The molecule has 1 aromatic heterocycles. The predicted molar refractivity (Wildman–Crippen MR) is 133 cm³/mol. The molecule has 1 amide bonds. The van der Waals surface area contributed by atoms with E-state index in [2.05, 4.69) is 10.3 Å². The Morgan fingerprint density at radius 3 is 2.46 bits per heavy atom. The second-order valence-corrected chi connectivity index (χ2v) is 9.64. The minimum atomic E-state index is -3.54. The molecule has 0 radical (unpaired) electrons. The zero-order chi connectivity index (χ0) is 25.4. The fourth-order valence-corrected chi connectivity index (χ4v) is 4.85. The van der Waals surface area contributed by atoms with Crippen molar-refractivity contribution in [2.75, 3.05) is 13.1 Å². The van der Waals surface area contributed by atoms with Gasteiger partial charge in [0.1, 0.15) is 5.75 Å². The van der Waals surface area contributed by atoms with Gasteiger partial charge in [-0.3, -0.25) is 9.78 Å². The van der Waals surface area contributed by atoms with E-state index < -0.39 is 15.8 Å². The van der Waals surface area contributed by atoms with Gasteiger partial charge in [0.25, 0.3) is 0 Å². The highest BCUT2D eigenvalue weighted by Gasteiger charge is 2.21. The Kier molecular flexibility index (Phi) is 8.73. The van der Waals surface area contributed by atoms with Crippen LogP contribution >= 0.6 is 0 Å². The van der Waals surface area contributed by atoms with Crippen molar-refractivity contribution in [1.82, 2.24) is 14.6 Å². The van der Waals surface area contributed by atoms with Crippen LogP contribution in [0.3, 0.4) is 0 Å². The molecule has 0 saturated heterocycles. The highest BCUT2D eigenvalue weighted by Crippen LogP contribution is 2.25. The largest absolute Gasteiger partial charge is 0.453 e. The van der Waals surface area contributed by atoms with E-state index in [1.54, 1.807) is 69.4 Å². The number of nitrogens with one attached hydrogen (secondary N) is 1. The van der Waals surface area contributed by atoms with Crippen molar-refractivity contribution in [1.29, 1.82) is 0 Å². The van der Waals surface area contributed by atoms with Crippen molar-refractivity contribution in [2.24, 2.45) is 0 Å². The van der Waals surface area contributed by atoms with E-state index in [0.717, 1.165) is 5.56 Å². The molecule has 1 atom stereocenters. The number of rotatable bonds is 10. The van der Waals surface area contributed by atoms with Gasteiger partial charge in [0, 0.05) is 25.4 Å². The van der Waals surface area contributed by atoms with Gasteiger partial charge in [-0.1, -0.05) is 32.0 Å². The van der Waals surface area contributed by atoms with E-state index in [1.165, 1.54) is 34.8 Å². The lowest BCUT2D eigenvalue weighted by molar-refractivity contribution is -0.117. The smallest absolute Gasteiger partial charge is 0.244 e. The average Bonchev–Trinajstić information content (AvgIpc) is 2.85. The number of pyridine rings is 1. The van der Waals surface area contributed by atoms with Crippen LogP contribution < -0.4 is 10.1 Å². The van der Waals surface area contributed by atoms with Crippen molar-refractivity contribution >= 4 is 22.0 Å². The first-order valence-electron chi connectivity index (χ1n) is 11.2. The first-order chi connectivity index (χ1) is 16.7. The molecule has 184 valence electrons. The second-order valence-electron chi connectivity index (χ2n) is 7.70. The Morgan fingerprint density at radius 1 is 1.14 bits per heavy atom. The zero-order valence-corrected chi connectivity index (χ0v) is 20.6. The molecule has 3 rings (SSSR count). The molecule has 1 heterocycles. The van der Waals surface area contributed by atoms with Crippen molar-refractivity contribution < 1.29 is 22.3 Å². The van der Waals surface area contributed by atoms with E-state index in [-0.39, 0.29) is 22.6 Å². The summed E-state index contributed by atoms with van der Waals surface area (Å²) in [7, 11) is -3.54. The van der Waals surface area contributed by atoms with Gasteiger partial charge in [0.05, 0.1) is 17.1 Å². The zero-order valence-electron chi connectivity index (χ0n) is 19.8. The topological polar surface area (TPSA) is 88.6 Å². The summed E-state index contributed by atoms with van der Waals surface area (Å²) in [6.07, 6.45) is 5.89. The van der Waals surface area contributed by atoms with Crippen LogP contribution in [0, 0.1) is 5.82 Å². The maximum absolute atomic E-state index is 14.4. The molecule has 35 heavy (non-hydrogen) atoms. The fraction of sp³-hybridized carbons (Fsp3) is 0.231. The van der Waals surface area contributed by atoms with E-state index in [1.807, 2.05) is 0 Å². The van der Waals surface area contributed by atoms with Crippen LogP contribution in [-0.2, 0) is 14.8 Å². The van der Waals surface area contributed by atoms with Crippen molar-refractivity contribution in [3.8, 4) is 11.5 Å². The molecule has 1 unspecified atom stereocenters. The van der Waals surface area contributed by atoms with Gasteiger partial charge >= 0.3 is 0 Å². The number of ether oxygens (including phenoxy) is 1. The van der Waals surface area contributed by atoms with Crippen LogP contribution in [0.4, 0.5) is 4.39 Å². The van der Waals surface area contributed by atoms with Gasteiger partial charge in [-0.05, 0) is 60.5 Å². The fourth-order valence-electron chi connectivity index (χ4n) is 3.40. The molecular weight excluding hydrogens is 469 g/mol. The highest BCUT2D eigenvalue weighted by molar-refractivity contribution is 7.89. The Morgan fingerprint density at radius 2 is 1.86 bits per heavy atom. The molecule has 0 bridgehead atoms. The van der Waals surface area contributed by atoms with Crippen molar-refractivity contribution in [3.05, 3.63) is 90.0 Å². The van der Waals surface area contributed by atoms with E-state index in [4.69, 9.17) is 4.74 Å². The number of halogens is 1. The molecule has 7 nitrogen and oxygen atoms in total. The van der Waals surface area contributed by atoms with Crippen LogP contribution in [0.5, 0.6) is 11.5 Å².